The Balaban J connectivity index is 1.72. The first-order valence-corrected chi connectivity index (χ1v) is 10.9. The zero-order chi connectivity index (χ0) is 14.8. The zero-order valence-corrected chi connectivity index (χ0v) is 15.3. The number of hydrogen-bond acceptors (Lipinski definition) is 4. The highest BCUT2D eigenvalue weighted by Gasteiger charge is 2.47. The third-order valence-electron chi connectivity index (χ3n) is 5.74. The van der Waals surface area contributed by atoms with Crippen molar-refractivity contribution in [1.82, 2.24) is 5.32 Å². The average molecular weight is 330 g/mol. The second-order valence-electron chi connectivity index (χ2n) is 7.20. The lowest BCUT2D eigenvalue weighted by Gasteiger charge is -2.48. The van der Waals surface area contributed by atoms with Gasteiger partial charge in [-0.3, -0.25) is 0 Å². The van der Waals surface area contributed by atoms with Crippen LogP contribution in [-0.2, 0) is 4.74 Å². The average Bonchev–Trinajstić information content (AvgIpc) is 2.93. The Bertz CT molecular complexity index is 332. The summed E-state index contributed by atoms with van der Waals surface area (Å²) in [5, 5.41) is 3.88. The van der Waals surface area contributed by atoms with Gasteiger partial charge in [0.05, 0.1) is 5.60 Å². The van der Waals surface area contributed by atoms with E-state index >= 15 is 0 Å². The summed E-state index contributed by atoms with van der Waals surface area (Å²) >= 11 is 4.32. The molecule has 3 unspecified atom stereocenters. The lowest BCUT2D eigenvalue weighted by Crippen LogP contribution is -2.55. The summed E-state index contributed by atoms with van der Waals surface area (Å²) in [4.78, 5) is 0. The van der Waals surface area contributed by atoms with E-state index in [2.05, 4.69) is 42.7 Å². The number of hydrogen-bond donors (Lipinski definition) is 1. The van der Waals surface area contributed by atoms with Crippen molar-refractivity contribution in [3.8, 4) is 0 Å². The van der Waals surface area contributed by atoms with Gasteiger partial charge in [0.2, 0.25) is 0 Å². The molecular formula is C17H31NOS2. The van der Waals surface area contributed by atoms with E-state index in [1.54, 1.807) is 0 Å². The van der Waals surface area contributed by atoms with Crippen LogP contribution in [0.5, 0.6) is 0 Å². The Morgan fingerprint density at radius 1 is 1.24 bits per heavy atom. The van der Waals surface area contributed by atoms with Gasteiger partial charge in [-0.15, -0.1) is 0 Å². The summed E-state index contributed by atoms with van der Waals surface area (Å²) in [5.74, 6) is 4.75. The van der Waals surface area contributed by atoms with Crippen molar-refractivity contribution < 1.29 is 4.74 Å². The van der Waals surface area contributed by atoms with Gasteiger partial charge in [-0.05, 0) is 75.2 Å². The second-order valence-corrected chi connectivity index (χ2v) is 10.1. The first kappa shape index (κ1) is 16.5. The van der Waals surface area contributed by atoms with Gasteiger partial charge < -0.3 is 10.1 Å². The molecule has 0 aromatic heterocycles. The molecule has 0 aromatic rings. The largest absolute Gasteiger partial charge is 0.375 e. The fraction of sp³-hybridized carbons (Fsp3) is 1.00. The van der Waals surface area contributed by atoms with Crippen LogP contribution >= 0.6 is 23.5 Å². The highest BCUT2D eigenvalue weighted by Crippen LogP contribution is 2.47. The molecule has 2 nitrogen and oxygen atoms in total. The summed E-state index contributed by atoms with van der Waals surface area (Å²) in [5.41, 5.74) is 0.224. The zero-order valence-electron chi connectivity index (χ0n) is 13.7. The fourth-order valence-corrected chi connectivity index (χ4v) is 7.32. The topological polar surface area (TPSA) is 21.3 Å². The number of ether oxygens (including phenoxy) is 1. The van der Waals surface area contributed by atoms with Gasteiger partial charge in [-0.2, -0.15) is 23.5 Å². The van der Waals surface area contributed by atoms with Gasteiger partial charge in [0, 0.05) is 17.4 Å². The van der Waals surface area contributed by atoms with Gasteiger partial charge in [-0.1, -0.05) is 6.92 Å². The third kappa shape index (κ3) is 3.59. The summed E-state index contributed by atoms with van der Waals surface area (Å²) in [7, 11) is 0. The Morgan fingerprint density at radius 2 is 2.05 bits per heavy atom. The maximum Gasteiger partial charge on any atom is 0.0701 e. The molecule has 3 atom stereocenters. The van der Waals surface area contributed by atoms with Crippen LogP contribution in [0.2, 0.25) is 0 Å². The summed E-state index contributed by atoms with van der Waals surface area (Å²) < 4.78 is 6.76. The van der Waals surface area contributed by atoms with Gasteiger partial charge in [0.25, 0.3) is 0 Å². The maximum absolute atomic E-state index is 6.31. The minimum atomic E-state index is 0.224. The molecule has 122 valence electrons. The van der Waals surface area contributed by atoms with Crippen molar-refractivity contribution in [2.75, 3.05) is 30.4 Å². The highest BCUT2D eigenvalue weighted by atomic mass is 32.2. The fourth-order valence-electron chi connectivity index (χ4n) is 4.59. The lowest BCUT2D eigenvalue weighted by atomic mass is 9.74. The molecule has 0 bridgehead atoms. The third-order valence-corrected chi connectivity index (χ3v) is 8.33. The number of nitrogens with one attached hydrogen (secondary N) is 1. The molecule has 3 aliphatic heterocycles. The molecule has 4 heteroatoms. The minimum absolute atomic E-state index is 0.224. The van der Waals surface area contributed by atoms with Crippen molar-refractivity contribution in [3.05, 3.63) is 0 Å². The maximum atomic E-state index is 6.31. The molecule has 0 radical (unpaired) electrons. The summed E-state index contributed by atoms with van der Waals surface area (Å²) in [6, 6.07) is 0.672. The molecule has 3 fully saturated rings. The molecule has 3 aliphatic rings. The van der Waals surface area contributed by atoms with Gasteiger partial charge in [0.15, 0.2) is 0 Å². The summed E-state index contributed by atoms with van der Waals surface area (Å²) in [6.07, 6.45) is 7.88. The van der Waals surface area contributed by atoms with Crippen LogP contribution in [0.4, 0.5) is 0 Å². The standard InChI is InChI=1S/C17H31NOS2/c1-3-18-15(16(2)6-4-10-21-16)14-5-9-19-17(13-14)7-11-20-12-8-17/h14-15,18H,3-13H2,1-2H3. The van der Waals surface area contributed by atoms with Crippen molar-refractivity contribution in [2.24, 2.45) is 5.92 Å². The molecule has 0 aliphatic carbocycles. The smallest absolute Gasteiger partial charge is 0.0701 e. The Morgan fingerprint density at radius 3 is 2.71 bits per heavy atom. The number of rotatable bonds is 4. The van der Waals surface area contributed by atoms with E-state index < -0.39 is 0 Å². The van der Waals surface area contributed by atoms with Gasteiger partial charge >= 0.3 is 0 Å². The van der Waals surface area contributed by atoms with Gasteiger partial charge in [-0.25, -0.2) is 0 Å². The molecule has 0 aromatic carbocycles. The van der Waals surface area contributed by atoms with Gasteiger partial charge in [0.1, 0.15) is 0 Å². The van der Waals surface area contributed by atoms with E-state index in [9.17, 15) is 0 Å². The van der Waals surface area contributed by atoms with E-state index in [-0.39, 0.29) is 5.60 Å². The Hall–Kier alpha value is 0.620. The monoisotopic (exact) mass is 329 g/mol. The molecule has 0 saturated carbocycles. The summed E-state index contributed by atoms with van der Waals surface area (Å²) in [6.45, 7) is 6.86. The van der Waals surface area contributed by atoms with E-state index in [1.807, 2.05) is 0 Å². The van der Waals surface area contributed by atoms with Crippen LogP contribution in [0.1, 0.15) is 52.4 Å². The molecule has 0 amide bonds. The van der Waals surface area contributed by atoms with Crippen LogP contribution in [0, 0.1) is 5.92 Å². The Labute approximate surface area is 138 Å². The van der Waals surface area contributed by atoms with Crippen molar-refractivity contribution >= 4 is 23.5 Å². The van der Waals surface area contributed by atoms with E-state index in [0.717, 1.165) is 19.1 Å². The van der Waals surface area contributed by atoms with Crippen molar-refractivity contribution in [2.45, 2.75) is 68.8 Å². The van der Waals surface area contributed by atoms with Crippen molar-refractivity contribution in [1.29, 1.82) is 0 Å². The second kappa shape index (κ2) is 7.02. The first-order chi connectivity index (χ1) is 10.2. The van der Waals surface area contributed by atoms with Crippen LogP contribution in [0.3, 0.4) is 0 Å². The Kier molecular flexibility index (Phi) is 5.51. The molecule has 3 rings (SSSR count). The number of thioether (sulfide) groups is 2. The molecule has 1 N–H and O–H groups in total. The van der Waals surface area contributed by atoms with E-state index in [0.29, 0.717) is 10.8 Å². The van der Waals surface area contributed by atoms with E-state index in [4.69, 9.17) is 4.74 Å². The quantitative estimate of drug-likeness (QED) is 0.843. The highest BCUT2D eigenvalue weighted by molar-refractivity contribution is 8.01. The molecular weight excluding hydrogens is 298 g/mol. The van der Waals surface area contributed by atoms with Crippen LogP contribution in [0.25, 0.3) is 0 Å². The molecule has 21 heavy (non-hydrogen) atoms. The normalized spacial score (nSPS) is 37.7. The molecule has 1 spiro atoms. The lowest BCUT2D eigenvalue weighted by molar-refractivity contribution is -0.108. The van der Waals surface area contributed by atoms with E-state index in [1.165, 1.54) is 55.8 Å². The molecule has 3 heterocycles. The SMILES string of the molecule is CCNC(C1CCOC2(CCSCC2)C1)C1(C)CCCS1. The van der Waals surface area contributed by atoms with Crippen LogP contribution in [0.15, 0.2) is 0 Å². The van der Waals surface area contributed by atoms with Crippen LogP contribution < -0.4 is 5.32 Å². The minimum Gasteiger partial charge on any atom is -0.375 e. The van der Waals surface area contributed by atoms with Crippen molar-refractivity contribution in [3.63, 3.8) is 0 Å². The predicted molar refractivity (Wildman–Crippen MR) is 95.5 cm³/mol. The van der Waals surface area contributed by atoms with Crippen LogP contribution in [-0.4, -0.2) is 46.8 Å². The first-order valence-electron chi connectivity index (χ1n) is 8.77. The predicted octanol–water partition coefficient (Wildman–Crippen LogP) is 3.94. The molecule has 3 saturated heterocycles.